The van der Waals surface area contributed by atoms with Crippen LogP contribution in [0.4, 0.5) is 0 Å². The zero-order chi connectivity index (χ0) is 17.8. The van der Waals surface area contributed by atoms with E-state index >= 15 is 0 Å². The maximum Gasteiger partial charge on any atom is 0.255 e. The van der Waals surface area contributed by atoms with Crippen LogP contribution in [0.2, 0.25) is 0 Å². The van der Waals surface area contributed by atoms with Gasteiger partial charge in [0.25, 0.3) is 5.56 Å². The number of rotatable bonds is 4. The quantitative estimate of drug-likeness (QED) is 0.927. The summed E-state index contributed by atoms with van der Waals surface area (Å²) in [6.07, 6.45) is 9.10. The van der Waals surface area contributed by atoms with Gasteiger partial charge in [-0.2, -0.15) is 0 Å². The van der Waals surface area contributed by atoms with Crippen LogP contribution < -0.4 is 5.56 Å². The Labute approximate surface area is 147 Å². The van der Waals surface area contributed by atoms with E-state index in [1.54, 1.807) is 31.5 Å². The van der Waals surface area contributed by atoms with Crippen molar-refractivity contribution in [3.8, 4) is 11.4 Å². The van der Waals surface area contributed by atoms with E-state index in [1.165, 1.54) is 19.3 Å². The van der Waals surface area contributed by atoms with E-state index in [-0.39, 0.29) is 17.9 Å². The van der Waals surface area contributed by atoms with Crippen molar-refractivity contribution in [3.05, 3.63) is 46.1 Å². The van der Waals surface area contributed by atoms with Gasteiger partial charge in [-0.3, -0.25) is 14.6 Å². The Kier molecular flexibility index (Phi) is 5.26. The number of hydrogen-bond donors (Lipinski definition) is 1. The van der Waals surface area contributed by atoms with Gasteiger partial charge in [0.05, 0.1) is 6.42 Å². The monoisotopic (exact) mass is 340 g/mol. The Morgan fingerprint density at radius 2 is 1.92 bits per heavy atom. The summed E-state index contributed by atoms with van der Waals surface area (Å²) in [6, 6.07) is 3.88. The number of aromatic nitrogens is 3. The molecule has 0 radical (unpaired) electrons. The van der Waals surface area contributed by atoms with Crippen molar-refractivity contribution < 1.29 is 4.79 Å². The third-order valence-electron chi connectivity index (χ3n) is 5.02. The Morgan fingerprint density at radius 3 is 2.56 bits per heavy atom. The van der Waals surface area contributed by atoms with Crippen LogP contribution in [-0.2, 0) is 11.2 Å². The van der Waals surface area contributed by atoms with Gasteiger partial charge in [0.15, 0.2) is 0 Å². The molecule has 1 aliphatic rings. The largest absolute Gasteiger partial charge is 0.342 e. The second kappa shape index (κ2) is 7.59. The number of likely N-dealkylation sites (N-methyl/N-ethyl adjacent to an activating group) is 1. The molecule has 6 heteroatoms. The van der Waals surface area contributed by atoms with Crippen LogP contribution in [-0.4, -0.2) is 38.8 Å². The normalized spacial score (nSPS) is 15.1. The third-order valence-corrected chi connectivity index (χ3v) is 5.02. The highest BCUT2D eigenvalue weighted by atomic mass is 16.2. The molecule has 0 spiro atoms. The van der Waals surface area contributed by atoms with Gasteiger partial charge in [-0.25, -0.2) is 4.98 Å². The number of pyridine rings is 1. The van der Waals surface area contributed by atoms with E-state index in [2.05, 4.69) is 15.0 Å². The molecule has 1 N–H and O–H groups in total. The van der Waals surface area contributed by atoms with E-state index in [0.717, 1.165) is 18.4 Å². The van der Waals surface area contributed by atoms with Crippen LogP contribution >= 0.6 is 0 Å². The molecule has 1 saturated carbocycles. The van der Waals surface area contributed by atoms with Crippen molar-refractivity contribution in [3.63, 3.8) is 0 Å². The number of nitrogens with zero attached hydrogens (tertiary/aromatic N) is 3. The van der Waals surface area contributed by atoms with Crippen LogP contribution in [0.25, 0.3) is 11.4 Å². The summed E-state index contributed by atoms with van der Waals surface area (Å²) in [7, 11) is 1.85. The molecule has 6 nitrogen and oxygen atoms in total. The summed E-state index contributed by atoms with van der Waals surface area (Å²) < 4.78 is 0. The van der Waals surface area contributed by atoms with Crippen molar-refractivity contribution in [1.82, 2.24) is 19.9 Å². The first-order valence-corrected chi connectivity index (χ1v) is 8.82. The number of aryl methyl sites for hydroxylation is 1. The molecule has 0 bridgehead atoms. The van der Waals surface area contributed by atoms with E-state index in [0.29, 0.717) is 23.1 Å². The van der Waals surface area contributed by atoms with Gasteiger partial charge in [-0.05, 0) is 31.9 Å². The minimum absolute atomic E-state index is 0.0149. The molecule has 0 aliphatic heterocycles. The van der Waals surface area contributed by atoms with Crippen molar-refractivity contribution in [2.24, 2.45) is 0 Å². The number of H-pyrrole nitrogens is 1. The lowest BCUT2D eigenvalue weighted by Crippen LogP contribution is -2.40. The fraction of sp³-hybridized carbons (Fsp3) is 0.474. The van der Waals surface area contributed by atoms with Gasteiger partial charge in [-0.15, -0.1) is 0 Å². The predicted molar refractivity (Wildman–Crippen MR) is 96.2 cm³/mol. The molecule has 0 unspecified atom stereocenters. The summed E-state index contributed by atoms with van der Waals surface area (Å²) in [6.45, 7) is 1.78. The minimum Gasteiger partial charge on any atom is -0.342 e. The third kappa shape index (κ3) is 3.95. The molecule has 0 aromatic carbocycles. The number of carbonyl (C=O) groups excluding carboxylic acids is 1. The second-order valence-corrected chi connectivity index (χ2v) is 6.69. The first kappa shape index (κ1) is 17.3. The van der Waals surface area contributed by atoms with Crippen molar-refractivity contribution >= 4 is 5.91 Å². The summed E-state index contributed by atoms with van der Waals surface area (Å²) in [5.41, 5.74) is 1.60. The van der Waals surface area contributed by atoms with Crippen molar-refractivity contribution in [2.45, 2.75) is 51.5 Å². The van der Waals surface area contributed by atoms with E-state index in [4.69, 9.17) is 0 Å². The molecule has 132 valence electrons. The first-order valence-electron chi connectivity index (χ1n) is 8.82. The van der Waals surface area contributed by atoms with Gasteiger partial charge >= 0.3 is 0 Å². The van der Waals surface area contributed by atoms with Crippen LogP contribution in [0.15, 0.2) is 29.3 Å². The Hall–Kier alpha value is -2.50. The highest BCUT2D eigenvalue weighted by Gasteiger charge is 2.23. The maximum atomic E-state index is 12.6. The molecule has 1 fully saturated rings. The molecule has 3 rings (SSSR count). The lowest BCUT2D eigenvalue weighted by molar-refractivity contribution is -0.131. The molecule has 1 aliphatic carbocycles. The average molecular weight is 340 g/mol. The molecule has 2 heterocycles. The van der Waals surface area contributed by atoms with Gasteiger partial charge in [0, 0.05) is 42.3 Å². The Balaban J connectivity index is 1.78. The lowest BCUT2D eigenvalue weighted by Gasteiger charge is -2.31. The number of hydrogen-bond acceptors (Lipinski definition) is 4. The van der Waals surface area contributed by atoms with E-state index in [9.17, 15) is 9.59 Å². The summed E-state index contributed by atoms with van der Waals surface area (Å²) in [4.78, 5) is 38.1. The molecular weight excluding hydrogens is 316 g/mol. The van der Waals surface area contributed by atoms with Gasteiger partial charge < -0.3 is 9.88 Å². The highest BCUT2D eigenvalue weighted by molar-refractivity contribution is 5.79. The van der Waals surface area contributed by atoms with E-state index in [1.807, 2.05) is 11.9 Å². The predicted octanol–water partition coefficient (Wildman–Crippen LogP) is 2.47. The van der Waals surface area contributed by atoms with Crippen molar-refractivity contribution in [2.75, 3.05) is 7.05 Å². The molecule has 1 amide bonds. The molecule has 25 heavy (non-hydrogen) atoms. The molecule has 2 aromatic heterocycles. The minimum atomic E-state index is -0.246. The van der Waals surface area contributed by atoms with Gasteiger partial charge in [0.1, 0.15) is 5.82 Å². The topological polar surface area (TPSA) is 79.0 Å². The zero-order valence-electron chi connectivity index (χ0n) is 14.8. The lowest BCUT2D eigenvalue weighted by atomic mass is 9.94. The number of amides is 1. The van der Waals surface area contributed by atoms with Crippen LogP contribution in [0.5, 0.6) is 0 Å². The van der Waals surface area contributed by atoms with Gasteiger partial charge in [0.2, 0.25) is 5.91 Å². The van der Waals surface area contributed by atoms with Crippen molar-refractivity contribution in [1.29, 1.82) is 0 Å². The standard InChI is InChI=1S/C19H24N4O2/c1-13-16(12-17(24)23(2)15-6-4-3-5-7-15)19(25)22-18(21-13)14-8-10-20-11-9-14/h8-11,15H,3-7,12H2,1-2H3,(H,21,22,25). The molecule has 0 saturated heterocycles. The van der Waals surface area contributed by atoms with Crippen LogP contribution in [0, 0.1) is 6.92 Å². The summed E-state index contributed by atoms with van der Waals surface area (Å²) in [5, 5.41) is 0. The summed E-state index contributed by atoms with van der Waals surface area (Å²) in [5.74, 6) is 0.487. The second-order valence-electron chi connectivity index (χ2n) is 6.69. The SMILES string of the molecule is Cc1nc(-c2ccncc2)[nH]c(=O)c1CC(=O)N(C)C1CCCCC1. The average Bonchev–Trinajstić information content (AvgIpc) is 2.65. The number of aromatic amines is 1. The maximum absolute atomic E-state index is 12.6. The molecular formula is C19H24N4O2. The fourth-order valence-corrected chi connectivity index (χ4v) is 3.41. The molecule has 0 atom stereocenters. The number of nitrogens with one attached hydrogen (secondary N) is 1. The Morgan fingerprint density at radius 1 is 1.24 bits per heavy atom. The smallest absolute Gasteiger partial charge is 0.255 e. The Bertz CT molecular complexity index is 795. The molecule has 2 aromatic rings. The van der Waals surface area contributed by atoms with Crippen LogP contribution in [0.1, 0.15) is 43.4 Å². The highest BCUT2D eigenvalue weighted by Crippen LogP contribution is 2.22. The van der Waals surface area contributed by atoms with Crippen LogP contribution in [0.3, 0.4) is 0 Å². The number of carbonyl (C=O) groups is 1. The summed E-state index contributed by atoms with van der Waals surface area (Å²) >= 11 is 0. The van der Waals surface area contributed by atoms with E-state index < -0.39 is 0 Å². The zero-order valence-corrected chi connectivity index (χ0v) is 14.8. The first-order chi connectivity index (χ1) is 12.1. The fourth-order valence-electron chi connectivity index (χ4n) is 3.41. The van der Waals surface area contributed by atoms with Gasteiger partial charge in [-0.1, -0.05) is 19.3 Å².